The molecule has 2 N–H and O–H groups in total. The van der Waals surface area contributed by atoms with Crippen LogP contribution in [0.15, 0.2) is 18.2 Å². The molecular formula is C15H21ClFN. The van der Waals surface area contributed by atoms with Gasteiger partial charge in [0, 0.05) is 0 Å². The highest BCUT2D eigenvalue weighted by Gasteiger charge is 2.37. The Morgan fingerprint density at radius 2 is 2.28 bits per heavy atom. The van der Waals surface area contributed by atoms with E-state index < -0.39 is 0 Å². The number of halogens is 2. The van der Waals surface area contributed by atoms with E-state index in [4.69, 9.17) is 17.3 Å². The normalized spacial score (nSPS) is 27.7. The first-order chi connectivity index (χ1) is 8.58. The van der Waals surface area contributed by atoms with Gasteiger partial charge in [-0.2, -0.15) is 0 Å². The molecule has 1 aromatic carbocycles. The van der Waals surface area contributed by atoms with E-state index in [0.29, 0.717) is 6.54 Å². The summed E-state index contributed by atoms with van der Waals surface area (Å²) in [6.45, 7) is 2.95. The zero-order valence-electron chi connectivity index (χ0n) is 10.9. The first-order valence-corrected chi connectivity index (χ1v) is 7.10. The van der Waals surface area contributed by atoms with Gasteiger partial charge in [-0.25, -0.2) is 4.39 Å². The fourth-order valence-corrected chi connectivity index (χ4v) is 3.38. The van der Waals surface area contributed by atoms with Crippen molar-refractivity contribution in [3.8, 4) is 0 Å². The summed E-state index contributed by atoms with van der Waals surface area (Å²) in [5.74, 6) is 0.449. The highest BCUT2D eigenvalue weighted by molar-refractivity contribution is 6.30. The topological polar surface area (TPSA) is 26.0 Å². The maximum absolute atomic E-state index is 13.1. The average molecular weight is 270 g/mol. The lowest BCUT2D eigenvalue weighted by molar-refractivity contribution is 0.290. The maximum Gasteiger partial charge on any atom is 0.141 e. The van der Waals surface area contributed by atoms with Gasteiger partial charge in [-0.15, -0.1) is 0 Å². The van der Waals surface area contributed by atoms with Crippen LogP contribution in [0.5, 0.6) is 0 Å². The third-order valence-corrected chi connectivity index (χ3v) is 4.67. The van der Waals surface area contributed by atoms with E-state index >= 15 is 0 Å². The molecule has 100 valence electrons. The van der Waals surface area contributed by atoms with Gasteiger partial charge in [0.15, 0.2) is 0 Å². The van der Waals surface area contributed by atoms with Crippen molar-refractivity contribution < 1.29 is 4.39 Å². The second-order valence-corrected chi connectivity index (χ2v) is 6.05. The number of hydrogen-bond acceptors (Lipinski definition) is 1. The summed E-state index contributed by atoms with van der Waals surface area (Å²) in [5, 5.41) is 0.213. The number of benzene rings is 1. The average Bonchev–Trinajstić information content (AvgIpc) is 2.78. The standard InChI is InChI=1S/C15H21ClFN/c1-2-11-5-6-15(8-11,10-18)9-12-3-4-14(17)13(16)7-12/h3-4,7,11H,2,5-6,8-10,18H2,1H3. The molecule has 0 heterocycles. The van der Waals surface area contributed by atoms with Gasteiger partial charge in [-0.1, -0.05) is 31.0 Å². The van der Waals surface area contributed by atoms with Crippen molar-refractivity contribution in [1.82, 2.24) is 0 Å². The smallest absolute Gasteiger partial charge is 0.141 e. The molecule has 2 unspecified atom stereocenters. The minimum absolute atomic E-state index is 0.196. The van der Waals surface area contributed by atoms with E-state index in [1.165, 1.54) is 31.7 Å². The van der Waals surface area contributed by atoms with Gasteiger partial charge in [-0.3, -0.25) is 0 Å². The molecule has 2 atom stereocenters. The molecule has 0 spiro atoms. The summed E-state index contributed by atoms with van der Waals surface area (Å²) in [7, 11) is 0. The Labute approximate surface area is 114 Å². The molecule has 2 rings (SSSR count). The lowest BCUT2D eigenvalue weighted by Crippen LogP contribution is -2.30. The fraction of sp³-hybridized carbons (Fsp3) is 0.600. The summed E-state index contributed by atoms with van der Waals surface area (Å²) >= 11 is 5.84. The lowest BCUT2D eigenvalue weighted by atomic mass is 9.79. The highest BCUT2D eigenvalue weighted by Crippen LogP contribution is 2.44. The third-order valence-electron chi connectivity index (χ3n) is 4.38. The molecule has 0 bridgehead atoms. The summed E-state index contributed by atoms with van der Waals surface area (Å²) < 4.78 is 13.1. The van der Waals surface area contributed by atoms with Gasteiger partial charge < -0.3 is 5.73 Å². The zero-order valence-corrected chi connectivity index (χ0v) is 11.6. The summed E-state index contributed by atoms with van der Waals surface area (Å²) in [5.41, 5.74) is 7.29. The quantitative estimate of drug-likeness (QED) is 0.872. The molecule has 1 nitrogen and oxygen atoms in total. The Hall–Kier alpha value is -0.600. The fourth-order valence-electron chi connectivity index (χ4n) is 3.18. The van der Waals surface area contributed by atoms with Crippen molar-refractivity contribution in [3.63, 3.8) is 0 Å². The SMILES string of the molecule is CCC1CCC(CN)(Cc2ccc(F)c(Cl)c2)C1. The first-order valence-electron chi connectivity index (χ1n) is 6.72. The van der Waals surface area contributed by atoms with Gasteiger partial charge in [0.2, 0.25) is 0 Å². The van der Waals surface area contributed by atoms with Crippen molar-refractivity contribution in [1.29, 1.82) is 0 Å². The van der Waals surface area contributed by atoms with Crippen LogP contribution in [0.1, 0.15) is 38.2 Å². The van der Waals surface area contributed by atoms with E-state index in [9.17, 15) is 4.39 Å². The van der Waals surface area contributed by atoms with Crippen LogP contribution in [0.4, 0.5) is 4.39 Å². The van der Waals surface area contributed by atoms with E-state index in [1.807, 2.05) is 6.07 Å². The second-order valence-electron chi connectivity index (χ2n) is 5.65. The van der Waals surface area contributed by atoms with Gasteiger partial charge in [0.05, 0.1) is 5.02 Å². The Kier molecular flexibility index (Phi) is 4.29. The van der Waals surface area contributed by atoms with Crippen LogP contribution in [0.3, 0.4) is 0 Å². The first kappa shape index (κ1) is 13.8. The van der Waals surface area contributed by atoms with Crippen molar-refractivity contribution >= 4 is 11.6 Å². The Bertz CT molecular complexity index is 421. The zero-order chi connectivity index (χ0) is 13.2. The minimum Gasteiger partial charge on any atom is -0.330 e. The molecule has 1 aliphatic carbocycles. The van der Waals surface area contributed by atoms with Crippen LogP contribution in [0, 0.1) is 17.2 Å². The Morgan fingerprint density at radius 1 is 1.50 bits per heavy atom. The molecule has 0 radical (unpaired) electrons. The van der Waals surface area contributed by atoms with Gasteiger partial charge in [0.1, 0.15) is 5.82 Å². The predicted octanol–water partition coefficient (Wildman–Crippen LogP) is 4.18. The molecule has 1 fully saturated rings. The van der Waals surface area contributed by atoms with Crippen LogP contribution in [-0.4, -0.2) is 6.54 Å². The molecule has 1 aliphatic rings. The number of nitrogens with two attached hydrogens (primary N) is 1. The van der Waals surface area contributed by atoms with Crippen LogP contribution < -0.4 is 5.73 Å². The van der Waals surface area contributed by atoms with Crippen LogP contribution in [0.25, 0.3) is 0 Å². The molecule has 18 heavy (non-hydrogen) atoms. The molecule has 1 aromatic rings. The number of rotatable bonds is 4. The molecule has 0 amide bonds. The second kappa shape index (κ2) is 5.58. The van der Waals surface area contributed by atoms with E-state index in [-0.39, 0.29) is 16.3 Å². The summed E-state index contributed by atoms with van der Waals surface area (Å²) in [4.78, 5) is 0. The summed E-state index contributed by atoms with van der Waals surface area (Å²) in [6, 6.07) is 5.03. The molecule has 0 aliphatic heterocycles. The van der Waals surface area contributed by atoms with Crippen LogP contribution in [-0.2, 0) is 6.42 Å². The monoisotopic (exact) mass is 269 g/mol. The molecule has 0 aromatic heterocycles. The van der Waals surface area contributed by atoms with Crippen LogP contribution >= 0.6 is 11.6 Å². The van der Waals surface area contributed by atoms with E-state index in [0.717, 1.165) is 17.9 Å². The summed E-state index contributed by atoms with van der Waals surface area (Å²) in [6.07, 6.45) is 5.78. The van der Waals surface area contributed by atoms with Gasteiger partial charge in [0.25, 0.3) is 0 Å². The van der Waals surface area contributed by atoms with Crippen molar-refractivity contribution in [2.24, 2.45) is 17.1 Å². The molecule has 0 saturated heterocycles. The van der Waals surface area contributed by atoms with E-state index in [1.54, 1.807) is 6.07 Å². The Morgan fingerprint density at radius 3 is 2.83 bits per heavy atom. The molecule has 1 saturated carbocycles. The van der Waals surface area contributed by atoms with Crippen molar-refractivity contribution in [3.05, 3.63) is 34.6 Å². The number of hydrogen-bond donors (Lipinski definition) is 1. The van der Waals surface area contributed by atoms with Crippen molar-refractivity contribution in [2.75, 3.05) is 6.54 Å². The molecular weight excluding hydrogens is 249 g/mol. The highest BCUT2D eigenvalue weighted by atomic mass is 35.5. The molecule has 3 heteroatoms. The van der Waals surface area contributed by atoms with Gasteiger partial charge >= 0.3 is 0 Å². The van der Waals surface area contributed by atoms with Crippen LogP contribution in [0.2, 0.25) is 5.02 Å². The van der Waals surface area contributed by atoms with Gasteiger partial charge in [-0.05, 0) is 61.3 Å². The minimum atomic E-state index is -0.347. The largest absolute Gasteiger partial charge is 0.330 e. The predicted molar refractivity (Wildman–Crippen MR) is 74.2 cm³/mol. The van der Waals surface area contributed by atoms with E-state index in [2.05, 4.69) is 6.92 Å². The Balaban J connectivity index is 2.13. The lowest BCUT2D eigenvalue weighted by Gasteiger charge is -2.28. The third kappa shape index (κ3) is 2.86. The van der Waals surface area contributed by atoms with Crippen molar-refractivity contribution in [2.45, 2.75) is 39.0 Å². The maximum atomic E-state index is 13.1.